The highest BCUT2D eigenvalue weighted by Gasteiger charge is 2.14. The third kappa shape index (κ3) is 2.77. The highest BCUT2D eigenvalue weighted by atomic mass is 35.5. The van der Waals surface area contributed by atoms with E-state index in [0.717, 1.165) is 17.8 Å². The number of carbonyl (C=O) groups is 1. The molecule has 18 heavy (non-hydrogen) atoms. The Labute approximate surface area is 111 Å². The Bertz CT molecular complexity index is 609. The van der Waals surface area contributed by atoms with Crippen LogP contribution in [0.2, 0.25) is 5.02 Å². The number of nitrogens with zero attached hydrogens (tertiary/aromatic N) is 2. The molecular weight excluding hydrogens is 279 g/mol. The van der Waals surface area contributed by atoms with Gasteiger partial charge in [-0.15, -0.1) is 0 Å². The molecule has 0 unspecified atom stereocenters. The summed E-state index contributed by atoms with van der Waals surface area (Å²) in [6.45, 7) is 0. The van der Waals surface area contributed by atoms with Crippen molar-refractivity contribution in [2.45, 2.75) is 10.1 Å². The molecule has 0 aliphatic heterocycles. The van der Waals surface area contributed by atoms with Gasteiger partial charge in [-0.25, -0.2) is 19.2 Å². The average molecular weight is 285 g/mol. The minimum absolute atomic E-state index is 0.00125. The summed E-state index contributed by atoms with van der Waals surface area (Å²) in [7, 11) is 0. The van der Waals surface area contributed by atoms with Crippen molar-refractivity contribution in [2.75, 3.05) is 0 Å². The molecular formula is C11H6ClFN2O2S. The van der Waals surface area contributed by atoms with Crippen LogP contribution in [0.1, 0.15) is 10.4 Å². The van der Waals surface area contributed by atoms with Crippen LogP contribution in [0.3, 0.4) is 0 Å². The second kappa shape index (κ2) is 5.32. The molecule has 2 aromatic rings. The summed E-state index contributed by atoms with van der Waals surface area (Å²) in [5, 5.41) is 9.35. The zero-order chi connectivity index (χ0) is 13.1. The molecule has 0 amide bonds. The first-order chi connectivity index (χ1) is 8.58. The minimum Gasteiger partial charge on any atom is -0.478 e. The first-order valence-electron chi connectivity index (χ1n) is 4.75. The zero-order valence-electron chi connectivity index (χ0n) is 8.80. The summed E-state index contributed by atoms with van der Waals surface area (Å²) in [5.41, 5.74) is -0.00125. The normalized spacial score (nSPS) is 10.3. The van der Waals surface area contributed by atoms with E-state index in [-0.39, 0.29) is 20.6 Å². The van der Waals surface area contributed by atoms with Gasteiger partial charge in [-0.05, 0) is 30.0 Å². The molecule has 0 fully saturated rings. The van der Waals surface area contributed by atoms with Crippen molar-refractivity contribution in [3.05, 3.63) is 47.0 Å². The van der Waals surface area contributed by atoms with E-state index in [0.29, 0.717) is 0 Å². The van der Waals surface area contributed by atoms with Crippen LogP contribution in [0.5, 0.6) is 0 Å². The quantitative estimate of drug-likeness (QED) is 0.938. The Morgan fingerprint density at radius 1 is 1.39 bits per heavy atom. The molecule has 2 rings (SSSR count). The maximum atomic E-state index is 13.5. The molecule has 92 valence electrons. The molecule has 0 spiro atoms. The lowest BCUT2D eigenvalue weighted by Crippen LogP contribution is -2.00. The van der Waals surface area contributed by atoms with Crippen LogP contribution in [0, 0.1) is 5.82 Å². The third-order valence-electron chi connectivity index (χ3n) is 1.97. The van der Waals surface area contributed by atoms with Gasteiger partial charge in [0.05, 0.1) is 10.6 Å². The van der Waals surface area contributed by atoms with Crippen LogP contribution >= 0.6 is 23.4 Å². The number of hydrogen-bond acceptors (Lipinski definition) is 4. The van der Waals surface area contributed by atoms with Crippen molar-refractivity contribution < 1.29 is 14.3 Å². The van der Waals surface area contributed by atoms with Crippen molar-refractivity contribution in [1.82, 2.24) is 9.97 Å². The number of aromatic nitrogens is 2. The zero-order valence-corrected chi connectivity index (χ0v) is 10.4. The summed E-state index contributed by atoms with van der Waals surface area (Å²) in [4.78, 5) is 18.7. The van der Waals surface area contributed by atoms with Gasteiger partial charge in [0.25, 0.3) is 0 Å². The number of halogens is 2. The molecule has 0 aromatic carbocycles. The minimum atomic E-state index is -1.13. The molecule has 0 atom stereocenters. The summed E-state index contributed by atoms with van der Waals surface area (Å²) in [6.07, 6.45) is 2.72. The predicted octanol–water partition coefficient (Wildman–Crippen LogP) is 3.12. The lowest BCUT2D eigenvalue weighted by Gasteiger charge is -2.04. The fourth-order valence-electron chi connectivity index (χ4n) is 1.20. The molecule has 0 aliphatic rings. The van der Waals surface area contributed by atoms with Gasteiger partial charge in [0.15, 0.2) is 5.82 Å². The topological polar surface area (TPSA) is 63.1 Å². The number of carboxylic acid groups (broad SMARTS) is 1. The van der Waals surface area contributed by atoms with Crippen LogP contribution in [-0.2, 0) is 0 Å². The molecule has 4 nitrogen and oxygen atoms in total. The molecule has 0 saturated carbocycles. The number of hydrogen-bond donors (Lipinski definition) is 1. The highest BCUT2D eigenvalue weighted by molar-refractivity contribution is 7.99. The van der Waals surface area contributed by atoms with Crippen molar-refractivity contribution in [1.29, 1.82) is 0 Å². The fraction of sp³-hybridized carbons (Fsp3) is 0. The van der Waals surface area contributed by atoms with Crippen LogP contribution in [0.15, 0.2) is 40.6 Å². The first-order valence-corrected chi connectivity index (χ1v) is 5.94. The van der Waals surface area contributed by atoms with E-state index < -0.39 is 11.8 Å². The second-order valence-corrected chi connectivity index (χ2v) is 4.62. The second-order valence-electron chi connectivity index (χ2n) is 3.20. The van der Waals surface area contributed by atoms with Crippen LogP contribution in [0.25, 0.3) is 0 Å². The van der Waals surface area contributed by atoms with Crippen molar-refractivity contribution in [3.63, 3.8) is 0 Å². The van der Waals surface area contributed by atoms with Crippen LogP contribution in [0.4, 0.5) is 4.39 Å². The number of rotatable bonds is 3. The van der Waals surface area contributed by atoms with Gasteiger partial charge in [-0.1, -0.05) is 11.6 Å². The Kier molecular flexibility index (Phi) is 3.78. The Morgan fingerprint density at radius 3 is 2.83 bits per heavy atom. The van der Waals surface area contributed by atoms with E-state index >= 15 is 0 Å². The maximum absolute atomic E-state index is 13.5. The van der Waals surface area contributed by atoms with Gasteiger partial charge < -0.3 is 5.11 Å². The van der Waals surface area contributed by atoms with Gasteiger partial charge in [0.2, 0.25) is 0 Å². The van der Waals surface area contributed by atoms with Gasteiger partial charge in [-0.2, -0.15) is 0 Å². The Hall–Kier alpha value is -1.66. The molecule has 2 aromatic heterocycles. The van der Waals surface area contributed by atoms with Crippen LogP contribution < -0.4 is 0 Å². The lowest BCUT2D eigenvalue weighted by molar-refractivity contribution is 0.0692. The van der Waals surface area contributed by atoms with Gasteiger partial charge in [0.1, 0.15) is 10.1 Å². The maximum Gasteiger partial charge on any atom is 0.338 e. The largest absolute Gasteiger partial charge is 0.478 e. The molecule has 0 radical (unpaired) electrons. The summed E-state index contributed by atoms with van der Waals surface area (Å²) < 4.78 is 13.5. The lowest BCUT2D eigenvalue weighted by atomic mass is 10.3. The summed E-state index contributed by atoms with van der Waals surface area (Å²) in [6, 6.07) is 4.00. The van der Waals surface area contributed by atoms with E-state index in [4.69, 9.17) is 16.7 Å². The molecule has 2 heterocycles. The predicted molar refractivity (Wildman–Crippen MR) is 64.5 cm³/mol. The van der Waals surface area contributed by atoms with Crippen molar-refractivity contribution in [2.24, 2.45) is 0 Å². The number of carboxylic acids is 1. The number of aromatic carboxylic acids is 1. The van der Waals surface area contributed by atoms with E-state index in [2.05, 4.69) is 9.97 Å². The summed E-state index contributed by atoms with van der Waals surface area (Å²) >= 11 is 6.42. The Morgan fingerprint density at radius 2 is 2.17 bits per heavy atom. The van der Waals surface area contributed by atoms with Gasteiger partial charge in [0, 0.05) is 12.4 Å². The smallest absolute Gasteiger partial charge is 0.338 e. The van der Waals surface area contributed by atoms with Gasteiger partial charge in [-0.3, -0.25) is 0 Å². The van der Waals surface area contributed by atoms with E-state index in [1.807, 2.05) is 0 Å². The molecule has 7 heteroatoms. The molecule has 0 aliphatic carbocycles. The average Bonchev–Trinajstić information content (AvgIpc) is 2.33. The molecule has 0 bridgehead atoms. The van der Waals surface area contributed by atoms with E-state index in [1.165, 1.54) is 24.5 Å². The molecule has 1 N–H and O–H groups in total. The third-order valence-corrected chi connectivity index (χ3v) is 3.19. The number of pyridine rings is 2. The van der Waals surface area contributed by atoms with Crippen LogP contribution in [-0.4, -0.2) is 21.0 Å². The Balaban J connectivity index is 2.37. The fourth-order valence-corrected chi connectivity index (χ4v) is 2.17. The SMILES string of the molecule is O=C(O)c1cccnc1Sc1ncc(Cl)cc1F. The monoisotopic (exact) mass is 284 g/mol. The van der Waals surface area contributed by atoms with Gasteiger partial charge >= 0.3 is 5.97 Å². The first kappa shape index (κ1) is 12.8. The van der Waals surface area contributed by atoms with Crippen molar-refractivity contribution >= 4 is 29.3 Å². The summed E-state index contributed by atoms with van der Waals surface area (Å²) in [5.74, 6) is -1.74. The van der Waals surface area contributed by atoms with Crippen molar-refractivity contribution in [3.8, 4) is 0 Å². The van der Waals surface area contributed by atoms with E-state index in [9.17, 15) is 9.18 Å². The highest BCUT2D eigenvalue weighted by Crippen LogP contribution is 2.29. The molecule has 0 saturated heterocycles. The standard InChI is InChI=1S/C11H6ClFN2O2S/c12-6-4-8(13)10(15-5-6)18-9-7(11(16)17)2-1-3-14-9/h1-5H,(H,16,17). The van der Waals surface area contributed by atoms with E-state index in [1.54, 1.807) is 0 Å².